The second-order valence-corrected chi connectivity index (χ2v) is 5.93. The lowest BCUT2D eigenvalue weighted by Crippen LogP contribution is -2.38. The molecule has 0 saturated carbocycles. The molecule has 118 valence electrons. The molecule has 0 aliphatic carbocycles. The second kappa shape index (κ2) is 5.54. The molecular weight excluding hydrogens is 316 g/mol. The Hall–Kier alpha value is -2.61. The number of benzene rings is 1. The Kier molecular flexibility index (Phi) is 3.69. The van der Waals surface area contributed by atoms with Crippen LogP contribution in [0.25, 0.3) is 22.3 Å². The molecule has 0 spiro atoms. The predicted molar refractivity (Wildman–Crippen MR) is 90.1 cm³/mol. The van der Waals surface area contributed by atoms with E-state index in [0.29, 0.717) is 11.3 Å². The minimum atomic E-state index is -0.607. The average Bonchev–Trinajstić information content (AvgIpc) is 2.57. The third-order valence-electron chi connectivity index (χ3n) is 3.70. The van der Waals surface area contributed by atoms with Crippen LogP contribution < -0.4 is 16.9 Å². The summed E-state index contributed by atoms with van der Waals surface area (Å²) in [6.07, 6.45) is 1.96. The van der Waals surface area contributed by atoms with Gasteiger partial charge in [-0.1, -0.05) is 12.1 Å². The monoisotopic (exact) mass is 330 g/mol. The van der Waals surface area contributed by atoms with Crippen molar-refractivity contribution in [1.82, 2.24) is 19.1 Å². The van der Waals surface area contributed by atoms with Crippen LogP contribution in [0, 0.1) is 0 Å². The van der Waals surface area contributed by atoms with E-state index < -0.39 is 16.9 Å². The third kappa shape index (κ3) is 2.40. The lowest BCUT2D eigenvalue weighted by molar-refractivity contribution is 0.705. The SMILES string of the molecule is CSc1ccc(-c2[nH]c(=O)nc3c2c(=O)n(C)c(=O)n3C)cc1. The fourth-order valence-corrected chi connectivity index (χ4v) is 2.86. The van der Waals surface area contributed by atoms with Crippen molar-refractivity contribution >= 4 is 22.8 Å². The van der Waals surface area contributed by atoms with Gasteiger partial charge in [-0.05, 0) is 24.0 Å². The van der Waals surface area contributed by atoms with Gasteiger partial charge >= 0.3 is 11.4 Å². The fourth-order valence-electron chi connectivity index (χ4n) is 2.45. The van der Waals surface area contributed by atoms with Gasteiger partial charge in [0.1, 0.15) is 5.39 Å². The molecule has 1 N–H and O–H groups in total. The number of hydrogen-bond acceptors (Lipinski definition) is 5. The van der Waals surface area contributed by atoms with E-state index in [9.17, 15) is 14.4 Å². The zero-order chi connectivity index (χ0) is 16.7. The summed E-state index contributed by atoms with van der Waals surface area (Å²) < 4.78 is 2.20. The summed E-state index contributed by atoms with van der Waals surface area (Å²) in [6, 6.07) is 7.44. The van der Waals surface area contributed by atoms with Crippen LogP contribution in [-0.2, 0) is 14.1 Å². The molecule has 8 heteroatoms. The number of hydrogen-bond donors (Lipinski definition) is 1. The Labute approximate surface area is 134 Å². The summed E-state index contributed by atoms with van der Waals surface area (Å²) in [4.78, 5) is 43.9. The molecule has 0 bridgehead atoms. The van der Waals surface area contributed by atoms with Crippen molar-refractivity contribution in [2.75, 3.05) is 6.26 Å². The summed E-state index contributed by atoms with van der Waals surface area (Å²) in [5.74, 6) is 0. The highest BCUT2D eigenvalue weighted by Gasteiger charge is 2.16. The Bertz CT molecular complexity index is 1080. The molecule has 0 unspecified atom stereocenters. The second-order valence-electron chi connectivity index (χ2n) is 5.05. The highest BCUT2D eigenvalue weighted by molar-refractivity contribution is 7.98. The van der Waals surface area contributed by atoms with Crippen LogP contribution >= 0.6 is 11.8 Å². The van der Waals surface area contributed by atoms with Gasteiger partial charge < -0.3 is 4.98 Å². The zero-order valence-corrected chi connectivity index (χ0v) is 13.6. The Morgan fingerprint density at radius 3 is 2.30 bits per heavy atom. The van der Waals surface area contributed by atoms with Gasteiger partial charge in [0, 0.05) is 19.0 Å². The highest BCUT2D eigenvalue weighted by atomic mass is 32.2. The Morgan fingerprint density at radius 1 is 1.04 bits per heavy atom. The van der Waals surface area contributed by atoms with E-state index in [1.54, 1.807) is 11.8 Å². The van der Waals surface area contributed by atoms with Crippen LogP contribution in [-0.4, -0.2) is 25.4 Å². The number of nitrogens with one attached hydrogen (secondary N) is 1. The maximum absolute atomic E-state index is 12.5. The topological polar surface area (TPSA) is 89.8 Å². The van der Waals surface area contributed by atoms with E-state index in [4.69, 9.17) is 0 Å². The Balaban J connectivity index is 2.48. The van der Waals surface area contributed by atoms with E-state index in [-0.39, 0.29) is 11.0 Å². The van der Waals surface area contributed by atoms with Crippen molar-refractivity contribution in [3.63, 3.8) is 0 Å². The van der Waals surface area contributed by atoms with E-state index in [1.165, 1.54) is 18.7 Å². The van der Waals surface area contributed by atoms with Crippen LogP contribution in [0.3, 0.4) is 0 Å². The summed E-state index contributed by atoms with van der Waals surface area (Å²) in [5.41, 5.74) is -0.498. The number of aromatic nitrogens is 4. The first-order chi connectivity index (χ1) is 10.9. The zero-order valence-electron chi connectivity index (χ0n) is 12.8. The van der Waals surface area contributed by atoms with Gasteiger partial charge in [0.05, 0.1) is 5.69 Å². The molecule has 0 aliphatic heterocycles. The number of nitrogens with zero attached hydrogens (tertiary/aromatic N) is 3. The van der Waals surface area contributed by atoms with Crippen LogP contribution in [0.4, 0.5) is 0 Å². The molecule has 0 amide bonds. The normalized spacial score (nSPS) is 11.1. The van der Waals surface area contributed by atoms with E-state index in [2.05, 4.69) is 9.97 Å². The number of aromatic amines is 1. The molecule has 3 aromatic rings. The molecule has 0 fully saturated rings. The minimum absolute atomic E-state index is 0.0748. The van der Waals surface area contributed by atoms with Gasteiger partial charge in [0.2, 0.25) is 0 Å². The van der Waals surface area contributed by atoms with Gasteiger partial charge in [-0.3, -0.25) is 13.9 Å². The van der Waals surface area contributed by atoms with Gasteiger partial charge in [-0.2, -0.15) is 4.98 Å². The van der Waals surface area contributed by atoms with E-state index in [0.717, 1.165) is 9.46 Å². The summed E-state index contributed by atoms with van der Waals surface area (Å²) in [6.45, 7) is 0. The first-order valence-electron chi connectivity index (χ1n) is 6.78. The summed E-state index contributed by atoms with van der Waals surface area (Å²) >= 11 is 1.59. The lowest BCUT2D eigenvalue weighted by Gasteiger charge is -2.10. The summed E-state index contributed by atoms with van der Waals surface area (Å²) in [5, 5.41) is 0.214. The first kappa shape index (κ1) is 15.3. The van der Waals surface area contributed by atoms with Crippen LogP contribution in [0.15, 0.2) is 43.5 Å². The van der Waals surface area contributed by atoms with Crippen molar-refractivity contribution in [2.24, 2.45) is 14.1 Å². The fraction of sp³-hybridized carbons (Fsp3) is 0.200. The van der Waals surface area contributed by atoms with Gasteiger partial charge in [-0.25, -0.2) is 9.59 Å². The molecule has 23 heavy (non-hydrogen) atoms. The third-order valence-corrected chi connectivity index (χ3v) is 4.45. The number of thioether (sulfide) groups is 1. The largest absolute Gasteiger partial charge is 0.347 e. The number of rotatable bonds is 2. The maximum Gasteiger partial charge on any atom is 0.347 e. The molecule has 1 aromatic carbocycles. The van der Waals surface area contributed by atoms with E-state index in [1.807, 2.05) is 30.5 Å². The van der Waals surface area contributed by atoms with Gasteiger partial charge in [0.15, 0.2) is 5.65 Å². The minimum Gasteiger partial charge on any atom is -0.304 e. The van der Waals surface area contributed by atoms with Gasteiger partial charge in [-0.15, -0.1) is 11.8 Å². The number of H-pyrrole nitrogens is 1. The highest BCUT2D eigenvalue weighted by Crippen LogP contribution is 2.24. The molecule has 0 atom stereocenters. The van der Waals surface area contributed by atoms with Crippen LogP contribution in [0.2, 0.25) is 0 Å². The van der Waals surface area contributed by atoms with Crippen LogP contribution in [0.1, 0.15) is 0 Å². The first-order valence-corrected chi connectivity index (χ1v) is 8.01. The molecule has 0 aliphatic rings. The van der Waals surface area contributed by atoms with E-state index >= 15 is 0 Å². The van der Waals surface area contributed by atoms with Crippen molar-refractivity contribution in [1.29, 1.82) is 0 Å². The molecule has 2 aromatic heterocycles. The van der Waals surface area contributed by atoms with Crippen molar-refractivity contribution in [3.8, 4) is 11.3 Å². The van der Waals surface area contributed by atoms with Gasteiger partial charge in [0.25, 0.3) is 5.56 Å². The Morgan fingerprint density at radius 2 is 1.70 bits per heavy atom. The standard InChI is InChI=1S/C15H14N4O3S/c1-18-12-10(13(20)19(2)15(18)22)11(16-14(21)17-12)8-4-6-9(23-3)7-5-8/h4-7H,1-3H3,(H,16,17,21). The number of aryl methyl sites for hydroxylation is 1. The molecule has 2 heterocycles. The molecular formula is C15H14N4O3S. The lowest BCUT2D eigenvalue weighted by atomic mass is 10.1. The predicted octanol–water partition coefficient (Wildman–Crippen LogP) is 0.709. The van der Waals surface area contributed by atoms with Crippen molar-refractivity contribution in [3.05, 3.63) is 55.6 Å². The molecule has 0 radical (unpaired) electrons. The van der Waals surface area contributed by atoms with Crippen molar-refractivity contribution in [2.45, 2.75) is 4.90 Å². The molecule has 7 nitrogen and oxygen atoms in total. The quantitative estimate of drug-likeness (QED) is 0.699. The molecule has 0 saturated heterocycles. The average molecular weight is 330 g/mol. The number of fused-ring (bicyclic) bond motifs is 1. The van der Waals surface area contributed by atoms with Crippen LogP contribution in [0.5, 0.6) is 0 Å². The summed E-state index contributed by atoms with van der Waals surface area (Å²) in [7, 11) is 2.88. The smallest absolute Gasteiger partial charge is 0.304 e. The van der Waals surface area contributed by atoms with Crippen molar-refractivity contribution < 1.29 is 0 Å². The molecule has 3 rings (SSSR count). The maximum atomic E-state index is 12.5.